The predicted molar refractivity (Wildman–Crippen MR) is 53.6 cm³/mol. The van der Waals surface area contributed by atoms with Gasteiger partial charge in [-0.1, -0.05) is 0 Å². The Kier molecular flexibility index (Phi) is 6.40. The van der Waals surface area contributed by atoms with Gasteiger partial charge in [-0.15, -0.1) is 0 Å². The van der Waals surface area contributed by atoms with Gasteiger partial charge in [-0.3, -0.25) is 4.52 Å². The Bertz CT molecular complexity index is 359. The van der Waals surface area contributed by atoms with E-state index in [1.807, 2.05) is 0 Å². The summed E-state index contributed by atoms with van der Waals surface area (Å²) in [5.41, 5.74) is 0. The first-order valence-corrected chi connectivity index (χ1v) is 8.98. The SMILES string of the molecule is O=P(O)(OCCO)OP(=O)(O)OP(O)(O)=S. The molecule has 0 radical (unpaired) electrons. The van der Waals surface area contributed by atoms with Crippen LogP contribution in [0.3, 0.4) is 0 Å². The molecule has 0 bridgehead atoms. The lowest BCUT2D eigenvalue weighted by Gasteiger charge is -2.16. The molecular formula is C2H9O10P3S. The summed E-state index contributed by atoms with van der Waals surface area (Å²) in [5.74, 6) is 0. The number of aliphatic hydroxyl groups is 1. The standard InChI is InChI=1S/C2H9O10P3S/c3-1-2-10-13(4,5)11-14(6,7)12-15(8,9)16/h3H,1-2H2,(H,4,5)(H,6,7)(H2,8,9,16). The van der Waals surface area contributed by atoms with Gasteiger partial charge in [0, 0.05) is 0 Å². The van der Waals surface area contributed by atoms with E-state index in [1.54, 1.807) is 0 Å². The van der Waals surface area contributed by atoms with E-state index in [0.717, 1.165) is 0 Å². The number of hydrogen-bond acceptors (Lipinski definition) is 7. The highest BCUT2D eigenvalue weighted by atomic mass is 32.5. The second-order valence-corrected chi connectivity index (χ2v) is 7.99. The van der Waals surface area contributed by atoms with Crippen LogP contribution >= 0.6 is 22.4 Å². The molecule has 98 valence electrons. The molecule has 0 aromatic rings. The van der Waals surface area contributed by atoms with Gasteiger partial charge < -0.3 is 24.7 Å². The molecule has 0 aliphatic carbocycles. The van der Waals surface area contributed by atoms with Crippen molar-refractivity contribution in [2.24, 2.45) is 0 Å². The van der Waals surface area contributed by atoms with Crippen LogP contribution in [0, 0.1) is 0 Å². The average molecular weight is 318 g/mol. The van der Waals surface area contributed by atoms with Crippen molar-refractivity contribution >= 4 is 34.2 Å². The van der Waals surface area contributed by atoms with E-state index in [0.29, 0.717) is 0 Å². The number of rotatable bonds is 7. The zero-order chi connectivity index (χ0) is 13.0. The molecule has 0 aliphatic heterocycles. The minimum atomic E-state index is -5.25. The summed E-state index contributed by atoms with van der Waals surface area (Å²) in [6.45, 7) is -5.82. The topological polar surface area (TPSA) is 163 Å². The van der Waals surface area contributed by atoms with Crippen LogP contribution < -0.4 is 0 Å². The highest BCUT2D eigenvalue weighted by Crippen LogP contribution is 2.66. The quantitative estimate of drug-likeness (QED) is 0.382. The molecule has 0 amide bonds. The van der Waals surface area contributed by atoms with Crippen LogP contribution in [0.1, 0.15) is 0 Å². The van der Waals surface area contributed by atoms with E-state index in [2.05, 4.69) is 25.0 Å². The van der Waals surface area contributed by atoms with Crippen LogP contribution in [0.2, 0.25) is 0 Å². The van der Waals surface area contributed by atoms with Crippen molar-refractivity contribution in [3.05, 3.63) is 0 Å². The van der Waals surface area contributed by atoms with Crippen LogP contribution in [0.4, 0.5) is 0 Å². The lowest BCUT2D eigenvalue weighted by molar-refractivity contribution is 0.144. The van der Waals surface area contributed by atoms with Gasteiger partial charge >= 0.3 is 22.4 Å². The lowest BCUT2D eigenvalue weighted by atomic mass is 10.8. The van der Waals surface area contributed by atoms with Crippen molar-refractivity contribution < 1.29 is 47.0 Å². The van der Waals surface area contributed by atoms with Gasteiger partial charge in [0.1, 0.15) is 0 Å². The van der Waals surface area contributed by atoms with E-state index >= 15 is 0 Å². The third kappa shape index (κ3) is 8.89. The second-order valence-electron chi connectivity index (χ2n) is 2.15. The maximum Gasteiger partial charge on any atom is 0.488 e. The van der Waals surface area contributed by atoms with Gasteiger partial charge in [0.25, 0.3) is 0 Å². The predicted octanol–water partition coefficient (Wildman–Crippen LogP) is -0.562. The molecule has 10 nitrogen and oxygen atoms in total. The van der Waals surface area contributed by atoms with E-state index in [4.69, 9.17) is 24.7 Å². The van der Waals surface area contributed by atoms with Crippen molar-refractivity contribution in [2.75, 3.05) is 13.2 Å². The molecule has 0 saturated heterocycles. The van der Waals surface area contributed by atoms with Gasteiger partial charge in [-0.05, 0) is 11.8 Å². The van der Waals surface area contributed by atoms with E-state index < -0.39 is 35.6 Å². The summed E-state index contributed by atoms with van der Waals surface area (Å²) >= 11 is 3.85. The highest BCUT2D eigenvalue weighted by Gasteiger charge is 2.38. The van der Waals surface area contributed by atoms with Crippen LogP contribution in [0.5, 0.6) is 0 Å². The Labute approximate surface area is 94.9 Å². The molecule has 5 N–H and O–H groups in total. The van der Waals surface area contributed by atoms with Crippen molar-refractivity contribution in [3.63, 3.8) is 0 Å². The highest BCUT2D eigenvalue weighted by molar-refractivity contribution is 8.08. The summed E-state index contributed by atoms with van der Waals surface area (Å²) in [7, 11) is -10.2. The Morgan fingerprint density at radius 3 is 1.88 bits per heavy atom. The van der Waals surface area contributed by atoms with E-state index in [9.17, 15) is 9.13 Å². The molecule has 0 aromatic heterocycles. The first kappa shape index (κ1) is 16.8. The molecular weight excluding hydrogens is 309 g/mol. The molecule has 2 atom stereocenters. The summed E-state index contributed by atoms with van der Waals surface area (Å²) in [6.07, 6.45) is 0. The Morgan fingerprint density at radius 2 is 1.50 bits per heavy atom. The molecule has 0 heterocycles. The maximum atomic E-state index is 10.9. The molecule has 0 saturated carbocycles. The minimum absolute atomic E-state index is 0.636. The summed E-state index contributed by atoms with van der Waals surface area (Å²) in [4.78, 5) is 34.6. The second kappa shape index (κ2) is 6.10. The summed E-state index contributed by atoms with van der Waals surface area (Å²) in [6, 6.07) is 0. The van der Waals surface area contributed by atoms with Crippen molar-refractivity contribution in [1.29, 1.82) is 0 Å². The van der Waals surface area contributed by atoms with Crippen LogP contribution in [-0.2, 0) is 34.1 Å². The van der Waals surface area contributed by atoms with Crippen molar-refractivity contribution in [2.45, 2.75) is 0 Å². The third-order valence-electron chi connectivity index (χ3n) is 0.762. The van der Waals surface area contributed by atoms with E-state index in [-0.39, 0.29) is 0 Å². The van der Waals surface area contributed by atoms with Crippen molar-refractivity contribution in [3.8, 4) is 0 Å². The van der Waals surface area contributed by atoms with Crippen LogP contribution in [0.25, 0.3) is 0 Å². The Balaban J connectivity index is 4.52. The number of hydrogen-bond donors (Lipinski definition) is 5. The van der Waals surface area contributed by atoms with Crippen LogP contribution in [-0.4, -0.2) is 37.9 Å². The first-order chi connectivity index (χ1) is 6.97. The van der Waals surface area contributed by atoms with Gasteiger partial charge in [0.15, 0.2) is 0 Å². The number of phosphoric ester groups is 1. The molecule has 0 rings (SSSR count). The Hall–Kier alpha value is 0.790. The molecule has 16 heavy (non-hydrogen) atoms. The van der Waals surface area contributed by atoms with Gasteiger partial charge in [-0.25, -0.2) is 13.4 Å². The zero-order valence-electron chi connectivity index (χ0n) is 7.44. The molecule has 2 unspecified atom stereocenters. The van der Waals surface area contributed by atoms with Crippen molar-refractivity contribution in [1.82, 2.24) is 0 Å². The lowest BCUT2D eigenvalue weighted by Crippen LogP contribution is -2.00. The summed E-state index contributed by atoms with van der Waals surface area (Å²) < 4.78 is 32.9. The average Bonchev–Trinajstić information content (AvgIpc) is 1.93. The fourth-order valence-electron chi connectivity index (χ4n) is 0.459. The monoisotopic (exact) mass is 318 g/mol. The van der Waals surface area contributed by atoms with E-state index in [1.165, 1.54) is 0 Å². The molecule has 14 heteroatoms. The fraction of sp³-hybridized carbons (Fsp3) is 1.00. The number of aliphatic hydroxyl groups excluding tert-OH is 1. The first-order valence-electron chi connectivity index (χ1n) is 3.37. The molecule has 0 aliphatic rings. The Morgan fingerprint density at radius 1 is 1.00 bits per heavy atom. The molecule has 0 aromatic carbocycles. The minimum Gasteiger partial charge on any atom is -0.394 e. The van der Waals surface area contributed by atoms with Gasteiger partial charge in [-0.2, -0.15) is 4.31 Å². The normalized spacial score (nSPS) is 20.1. The molecule has 0 spiro atoms. The number of phosphoric acid groups is 2. The maximum absolute atomic E-state index is 10.9. The smallest absolute Gasteiger partial charge is 0.394 e. The van der Waals surface area contributed by atoms with Crippen LogP contribution in [0.15, 0.2) is 0 Å². The van der Waals surface area contributed by atoms with Gasteiger partial charge in [0.2, 0.25) is 0 Å². The largest absolute Gasteiger partial charge is 0.488 e. The zero-order valence-corrected chi connectivity index (χ0v) is 10.9. The third-order valence-corrected chi connectivity index (χ3v) is 5.20. The van der Waals surface area contributed by atoms with Gasteiger partial charge in [0.05, 0.1) is 13.2 Å². The summed E-state index contributed by atoms with van der Waals surface area (Å²) in [5, 5.41) is 8.25. The fourth-order valence-corrected chi connectivity index (χ4v) is 4.22. The molecule has 0 fully saturated rings.